The molecule has 1 aromatic heterocycles. The lowest BCUT2D eigenvalue weighted by atomic mass is 9.76. The maximum Gasteiger partial charge on any atom is 0.280 e. The average molecular weight is 818 g/mol. The fraction of sp³-hybridized carbons (Fsp3) is 0.477. The summed E-state index contributed by atoms with van der Waals surface area (Å²) in [5.41, 5.74) is 4.70. The maximum absolute atomic E-state index is 13.6. The normalized spacial score (nSPS) is 23.8. The molecule has 0 radical (unpaired) electrons. The Balaban J connectivity index is 0.736. The van der Waals surface area contributed by atoms with Crippen LogP contribution in [0.4, 0.5) is 17.1 Å². The number of nitriles is 1. The van der Waals surface area contributed by atoms with Gasteiger partial charge in [0.2, 0.25) is 11.8 Å². The molecule has 1 N–H and O–H groups in total. The van der Waals surface area contributed by atoms with Crippen molar-refractivity contribution in [2.45, 2.75) is 70.0 Å². The Morgan fingerprint density at radius 3 is 2.22 bits per heavy atom. The van der Waals surface area contributed by atoms with E-state index >= 15 is 0 Å². The van der Waals surface area contributed by atoms with Crippen molar-refractivity contribution in [3.05, 3.63) is 82.1 Å². The Labute approximate surface area is 348 Å². The Morgan fingerprint density at radius 1 is 0.847 bits per heavy atom. The molecule has 15 heteroatoms. The van der Waals surface area contributed by atoms with E-state index in [0.29, 0.717) is 41.3 Å². The lowest BCUT2D eigenvalue weighted by Crippen LogP contribution is -2.54. The largest absolute Gasteiger partial charge is 0.371 e. The zero-order chi connectivity index (χ0) is 41.0. The van der Waals surface area contributed by atoms with E-state index in [2.05, 4.69) is 55.0 Å². The Hall–Kier alpha value is -5.52. The lowest BCUT2D eigenvalue weighted by molar-refractivity contribution is -0.136. The van der Waals surface area contributed by atoms with Crippen molar-refractivity contribution < 1.29 is 24.0 Å². The first-order chi connectivity index (χ1) is 28.5. The van der Waals surface area contributed by atoms with E-state index in [4.69, 9.17) is 11.6 Å². The molecule has 0 aliphatic carbocycles. The number of aromatic nitrogens is 1. The average Bonchev–Trinajstić information content (AvgIpc) is 3.71. The van der Waals surface area contributed by atoms with Gasteiger partial charge in [-0.05, 0) is 99.4 Å². The molecule has 9 rings (SSSR count). The third-order valence-electron chi connectivity index (χ3n) is 13.7. The summed E-state index contributed by atoms with van der Waals surface area (Å²) in [6.45, 7) is 9.70. The van der Waals surface area contributed by atoms with Crippen LogP contribution >= 0.6 is 11.6 Å². The van der Waals surface area contributed by atoms with Crippen molar-refractivity contribution in [2.24, 2.45) is 5.41 Å². The highest BCUT2D eigenvalue weighted by atomic mass is 35.5. The molecule has 2 atom stereocenters. The fourth-order valence-corrected chi connectivity index (χ4v) is 10.5. The number of carbonyl (C=O) groups is 5. The second-order valence-electron chi connectivity index (χ2n) is 17.1. The molecule has 5 amide bonds. The number of piperazine rings is 1. The number of anilines is 3. The Bertz CT molecular complexity index is 2240. The van der Waals surface area contributed by atoms with Crippen LogP contribution in [0.2, 0.25) is 5.02 Å². The van der Waals surface area contributed by atoms with Crippen LogP contribution in [0, 0.1) is 16.7 Å². The number of nitrogens with one attached hydrogen (secondary N) is 1. The summed E-state index contributed by atoms with van der Waals surface area (Å²) in [6.07, 6.45) is 6.97. The number of hydrogen-bond acceptors (Lipinski definition) is 11. The van der Waals surface area contributed by atoms with Crippen LogP contribution < -0.4 is 20.0 Å². The lowest BCUT2D eigenvalue weighted by Gasteiger charge is -2.43. The van der Waals surface area contributed by atoms with Gasteiger partial charge in [0.15, 0.2) is 0 Å². The van der Waals surface area contributed by atoms with Crippen LogP contribution in [0.5, 0.6) is 0 Å². The number of hydrogen-bond donors (Lipinski definition) is 1. The summed E-state index contributed by atoms with van der Waals surface area (Å²) in [6, 6.07) is 17.5. The van der Waals surface area contributed by atoms with Gasteiger partial charge in [0.25, 0.3) is 17.7 Å². The van der Waals surface area contributed by atoms with Gasteiger partial charge in [-0.1, -0.05) is 11.6 Å². The van der Waals surface area contributed by atoms with Gasteiger partial charge in [0, 0.05) is 94.3 Å². The predicted octanol–water partition coefficient (Wildman–Crippen LogP) is 4.32. The molecule has 59 heavy (non-hydrogen) atoms. The molecule has 3 aromatic rings. The summed E-state index contributed by atoms with van der Waals surface area (Å²) in [7, 11) is 0. The first-order valence-electron chi connectivity index (χ1n) is 20.8. The standard InChI is InChI=1S/C44H48ClN9O5/c1-28-24-44(27-53(28)33-7-4-30(25-46)36(45)23-33)12-16-50(17-13-44)31-5-2-29(3-6-31)41(57)52-20-18-51(19-21-52)32-10-14-49(15-11-32)34-22-35-39(47-26-34)43(59)54(42(35)58)37-8-9-38(55)48-40(37)56/h2-7,22-23,26,28,32,37H,8-21,24,27H2,1H3,(H,48,55,56)/t28-,37?/m0/s1. The van der Waals surface area contributed by atoms with Crippen molar-refractivity contribution in [3.8, 4) is 6.07 Å². The molecule has 14 nitrogen and oxygen atoms in total. The SMILES string of the molecule is C[C@H]1CC2(CCN(c3ccc(C(=O)N4CCN(C5CCN(c6cnc7c(c6)C(=O)N(C6CCC(=O)NC6=O)C7=O)CC5)CC4)cc3)CC2)CN1c1ccc(C#N)c(Cl)c1. The number of amides is 5. The number of pyridine rings is 1. The molecule has 0 bridgehead atoms. The number of rotatable bonds is 6. The molecule has 5 fully saturated rings. The highest BCUT2D eigenvalue weighted by Crippen LogP contribution is 2.46. The predicted molar refractivity (Wildman–Crippen MR) is 222 cm³/mol. The van der Waals surface area contributed by atoms with Gasteiger partial charge in [-0.15, -0.1) is 0 Å². The van der Waals surface area contributed by atoms with Gasteiger partial charge < -0.3 is 19.6 Å². The molecule has 6 aliphatic rings. The van der Waals surface area contributed by atoms with Gasteiger partial charge in [-0.3, -0.25) is 39.1 Å². The second-order valence-corrected chi connectivity index (χ2v) is 17.5. The molecule has 306 valence electrons. The molecule has 7 heterocycles. The topological polar surface area (TPSA) is 154 Å². The number of carbonyl (C=O) groups excluding carboxylic acids is 5. The molecular formula is C44H48ClN9O5. The van der Waals surface area contributed by atoms with Crippen LogP contribution in [0.3, 0.4) is 0 Å². The van der Waals surface area contributed by atoms with E-state index in [1.807, 2.05) is 35.2 Å². The van der Waals surface area contributed by atoms with E-state index in [9.17, 15) is 29.2 Å². The summed E-state index contributed by atoms with van der Waals surface area (Å²) >= 11 is 6.38. The zero-order valence-electron chi connectivity index (χ0n) is 33.2. The highest BCUT2D eigenvalue weighted by Gasteiger charge is 2.47. The Kier molecular flexibility index (Phi) is 10.3. The minimum Gasteiger partial charge on any atom is -0.371 e. The number of halogens is 1. The quantitative estimate of drug-likeness (QED) is 0.354. The van der Waals surface area contributed by atoms with E-state index in [-0.39, 0.29) is 35.4 Å². The maximum atomic E-state index is 13.6. The van der Waals surface area contributed by atoms with E-state index in [0.717, 1.165) is 99.9 Å². The summed E-state index contributed by atoms with van der Waals surface area (Å²) in [5, 5.41) is 12.0. The van der Waals surface area contributed by atoms with Crippen molar-refractivity contribution in [3.63, 3.8) is 0 Å². The third kappa shape index (κ3) is 7.29. The van der Waals surface area contributed by atoms with E-state index < -0.39 is 29.7 Å². The van der Waals surface area contributed by atoms with Crippen LogP contribution in [-0.2, 0) is 9.59 Å². The minimum absolute atomic E-state index is 0.0393. The highest BCUT2D eigenvalue weighted by molar-refractivity contribution is 6.32. The molecule has 6 aliphatic heterocycles. The first kappa shape index (κ1) is 39.0. The monoisotopic (exact) mass is 817 g/mol. The van der Waals surface area contributed by atoms with Crippen molar-refractivity contribution in [1.82, 2.24) is 25.0 Å². The van der Waals surface area contributed by atoms with Gasteiger partial charge >= 0.3 is 0 Å². The van der Waals surface area contributed by atoms with Gasteiger partial charge in [-0.2, -0.15) is 5.26 Å². The first-order valence-corrected chi connectivity index (χ1v) is 21.2. The summed E-state index contributed by atoms with van der Waals surface area (Å²) < 4.78 is 0. The van der Waals surface area contributed by atoms with Gasteiger partial charge in [0.1, 0.15) is 17.8 Å². The van der Waals surface area contributed by atoms with Crippen molar-refractivity contribution in [2.75, 3.05) is 73.6 Å². The minimum atomic E-state index is -1.02. The molecule has 1 spiro atoms. The van der Waals surface area contributed by atoms with E-state index in [1.54, 1.807) is 12.3 Å². The van der Waals surface area contributed by atoms with Crippen LogP contribution in [-0.4, -0.2) is 126 Å². The third-order valence-corrected chi connectivity index (χ3v) is 14.0. The summed E-state index contributed by atoms with van der Waals surface area (Å²) in [4.78, 5) is 80.9. The zero-order valence-corrected chi connectivity index (χ0v) is 34.0. The van der Waals surface area contributed by atoms with E-state index in [1.165, 1.54) is 0 Å². The van der Waals surface area contributed by atoms with Crippen molar-refractivity contribution >= 4 is 58.2 Å². The Morgan fingerprint density at radius 2 is 1.54 bits per heavy atom. The number of fused-ring (bicyclic) bond motifs is 1. The smallest absolute Gasteiger partial charge is 0.280 e. The number of piperidine rings is 3. The van der Waals surface area contributed by atoms with Crippen LogP contribution in [0.25, 0.3) is 0 Å². The van der Waals surface area contributed by atoms with Gasteiger partial charge in [0.05, 0.1) is 28.0 Å². The molecule has 2 aromatic carbocycles. The molecular weight excluding hydrogens is 770 g/mol. The molecule has 0 saturated carbocycles. The number of imide groups is 2. The number of nitrogens with zero attached hydrogens (tertiary/aromatic N) is 8. The van der Waals surface area contributed by atoms with Crippen molar-refractivity contribution in [1.29, 1.82) is 5.26 Å². The van der Waals surface area contributed by atoms with Crippen LogP contribution in [0.1, 0.15) is 88.6 Å². The summed E-state index contributed by atoms with van der Waals surface area (Å²) in [5.74, 6) is -2.14. The second kappa shape index (κ2) is 15.6. The fourth-order valence-electron chi connectivity index (χ4n) is 10.3. The van der Waals surface area contributed by atoms with Crippen LogP contribution in [0.15, 0.2) is 54.7 Å². The van der Waals surface area contributed by atoms with Gasteiger partial charge in [-0.25, -0.2) is 4.98 Å². The molecule has 1 unspecified atom stereocenters. The molecule has 5 saturated heterocycles. The number of benzene rings is 2.